The highest BCUT2D eigenvalue weighted by molar-refractivity contribution is 9.10. The molecule has 27 heavy (non-hydrogen) atoms. The van der Waals surface area contributed by atoms with Gasteiger partial charge in [-0.05, 0) is 53.9 Å². The van der Waals surface area contributed by atoms with Gasteiger partial charge in [0.2, 0.25) is 0 Å². The molecule has 0 spiro atoms. The van der Waals surface area contributed by atoms with Crippen LogP contribution in [0.5, 0.6) is 5.75 Å². The number of fused-ring (bicyclic) bond motifs is 1. The molecule has 0 aliphatic carbocycles. The number of benzene rings is 1. The van der Waals surface area contributed by atoms with Crippen molar-refractivity contribution in [3.63, 3.8) is 0 Å². The van der Waals surface area contributed by atoms with Crippen molar-refractivity contribution in [3.05, 3.63) is 50.4 Å². The summed E-state index contributed by atoms with van der Waals surface area (Å²) in [7, 11) is 0. The van der Waals surface area contributed by atoms with Gasteiger partial charge in [0, 0.05) is 0 Å². The lowest BCUT2D eigenvalue weighted by molar-refractivity contribution is -0.275. The number of alkyl halides is 3. The first-order valence-corrected chi connectivity index (χ1v) is 8.53. The Morgan fingerprint density at radius 2 is 2.07 bits per heavy atom. The Balaban J connectivity index is 1.90. The third kappa shape index (κ3) is 4.12. The number of H-pyrrole nitrogens is 1. The molecular weight excluding hydrogens is 436 g/mol. The Morgan fingerprint density at radius 3 is 2.70 bits per heavy atom. The molecule has 0 aliphatic heterocycles. The Hall–Kier alpha value is -2.43. The van der Waals surface area contributed by atoms with Crippen LogP contribution in [0.1, 0.15) is 24.4 Å². The molecule has 0 fully saturated rings. The van der Waals surface area contributed by atoms with Gasteiger partial charge < -0.3 is 9.72 Å². The maximum atomic E-state index is 13.9. The van der Waals surface area contributed by atoms with Crippen molar-refractivity contribution >= 4 is 27.0 Å². The zero-order valence-electron chi connectivity index (χ0n) is 14.1. The van der Waals surface area contributed by atoms with Gasteiger partial charge >= 0.3 is 6.36 Å². The SMILES string of the molecule is Cc1nc2c(c(Br)nn2C(C)Cc2ccc(OC(F)(F)F)c(F)c2)c(=O)[nH]1. The highest BCUT2D eigenvalue weighted by Gasteiger charge is 2.32. The summed E-state index contributed by atoms with van der Waals surface area (Å²) < 4.78 is 56.0. The van der Waals surface area contributed by atoms with Crippen LogP contribution < -0.4 is 10.3 Å². The van der Waals surface area contributed by atoms with Gasteiger partial charge in [-0.25, -0.2) is 14.1 Å². The number of nitrogens with one attached hydrogen (secondary N) is 1. The maximum Gasteiger partial charge on any atom is 0.573 e. The third-order valence-electron chi connectivity index (χ3n) is 3.81. The molecule has 0 amide bonds. The maximum absolute atomic E-state index is 13.9. The van der Waals surface area contributed by atoms with E-state index in [0.29, 0.717) is 21.6 Å². The molecule has 3 rings (SSSR count). The van der Waals surface area contributed by atoms with Crippen LogP contribution in [-0.2, 0) is 6.42 Å². The molecule has 0 bridgehead atoms. The van der Waals surface area contributed by atoms with E-state index in [-0.39, 0.29) is 23.4 Å². The Morgan fingerprint density at radius 1 is 1.37 bits per heavy atom. The van der Waals surface area contributed by atoms with Gasteiger partial charge in [0.1, 0.15) is 15.8 Å². The lowest BCUT2D eigenvalue weighted by atomic mass is 10.1. The second-order valence-corrected chi connectivity index (χ2v) is 6.70. The lowest BCUT2D eigenvalue weighted by Crippen LogP contribution is -2.18. The topological polar surface area (TPSA) is 72.8 Å². The van der Waals surface area contributed by atoms with Gasteiger partial charge in [0.15, 0.2) is 17.2 Å². The summed E-state index contributed by atoms with van der Waals surface area (Å²) in [5.41, 5.74) is 0.450. The molecule has 0 aliphatic rings. The predicted molar refractivity (Wildman–Crippen MR) is 92.1 cm³/mol. The van der Waals surface area contributed by atoms with Crippen molar-refractivity contribution in [1.82, 2.24) is 19.7 Å². The number of hydrogen-bond donors (Lipinski definition) is 1. The minimum Gasteiger partial charge on any atom is -0.403 e. The summed E-state index contributed by atoms with van der Waals surface area (Å²) in [4.78, 5) is 18.9. The van der Waals surface area contributed by atoms with Crippen LogP contribution in [0.2, 0.25) is 0 Å². The Kier molecular flexibility index (Phi) is 4.98. The van der Waals surface area contributed by atoms with E-state index in [1.807, 2.05) is 0 Å². The number of halogens is 5. The molecule has 3 aromatic rings. The Labute approximate surface area is 158 Å². The molecular formula is C16H13BrF4N4O2. The third-order valence-corrected chi connectivity index (χ3v) is 4.36. The average Bonchev–Trinajstić information content (AvgIpc) is 2.86. The summed E-state index contributed by atoms with van der Waals surface area (Å²) in [6.07, 6.45) is -4.72. The summed E-state index contributed by atoms with van der Waals surface area (Å²) in [5.74, 6) is -1.60. The van der Waals surface area contributed by atoms with E-state index in [4.69, 9.17) is 0 Å². The number of rotatable bonds is 4. The number of aromatic amines is 1. The molecule has 0 saturated heterocycles. The van der Waals surface area contributed by atoms with Gasteiger partial charge in [-0.15, -0.1) is 13.2 Å². The quantitative estimate of drug-likeness (QED) is 0.611. The molecule has 144 valence electrons. The Bertz CT molecular complexity index is 1060. The molecule has 2 heterocycles. The molecule has 1 atom stereocenters. The highest BCUT2D eigenvalue weighted by Crippen LogP contribution is 2.28. The molecule has 0 radical (unpaired) electrons. The zero-order valence-corrected chi connectivity index (χ0v) is 15.7. The highest BCUT2D eigenvalue weighted by atomic mass is 79.9. The normalized spacial score (nSPS) is 13.1. The molecule has 0 saturated carbocycles. The molecule has 1 aromatic carbocycles. The number of ether oxygens (including phenoxy) is 1. The fraction of sp³-hybridized carbons (Fsp3) is 0.312. The van der Waals surface area contributed by atoms with Crippen LogP contribution in [0.4, 0.5) is 17.6 Å². The second kappa shape index (κ2) is 6.95. The lowest BCUT2D eigenvalue weighted by Gasteiger charge is -2.14. The summed E-state index contributed by atoms with van der Waals surface area (Å²) >= 11 is 3.22. The van der Waals surface area contributed by atoms with E-state index in [1.165, 1.54) is 10.7 Å². The van der Waals surface area contributed by atoms with Crippen molar-refractivity contribution in [2.24, 2.45) is 0 Å². The first-order chi connectivity index (χ1) is 12.5. The van der Waals surface area contributed by atoms with Crippen LogP contribution >= 0.6 is 15.9 Å². The fourth-order valence-electron chi connectivity index (χ4n) is 2.73. The molecule has 6 nitrogen and oxygen atoms in total. The molecule has 1 N–H and O–H groups in total. The molecule has 1 unspecified atom stereocenters. The van der Waals surface area contributed by atoms with Crippen molar-refractivity contribution in [2.45, 2.75) is 32.7 Å². The van der Waals surface area contributed by atoms with Gasteiger partial charge in [0.25, 0.3) is 5.56 Å². The smallest absolute Gasteiger partial charge is 0.403 e. The first kappa shape index (κ1) is 19.3. The van der Waals surface area contributed by atoms with E-state index in [9.17, 15) is 22.4 Å². The van der Waals surface area contributed by atoms with Crippen LogP contribution in [0, 0.1) is 12.7 Å². The second-order valence-electron chi connectivity index (χ2n) is 5.95. The van der Waals surface area contributed by atoms with Gasteiger partial charge in [-0.1, -0.05) is 6.07 Å². The van der Waals surface area contributed by atoms with E-state index in [2.05, 4.69) is 35.7 Å². The zero-order chi connectivity index (χ0) is 19.9. The number of hydrogen-bond acceptors (Lipinski definition) is 4. The number of aryl methyl sites for hydroxylation is 1. The van der Waals surface area contributed by atoms with Crippen molar-refractivity contribution in [3.8, 4) is 5.75 Å². The van der Waals surface area contributed by atoms with Crippen molar-refractivity contribution < 1.29 is 22.3 Å². The number of aromatic nitrogens is 4. The van der Waals surface area contributed by atoms with Crippen molar-refractivity contribution in [2.75, 3.05) is 0 Å². The van der Waals surface area contributed by atoms with Crippen molar-refractivity contribution in [1.29, 1.82) is 0 Å². The van der Waals surface area contributed by atoms with Crippen LogP contribution in [0.3, 0.4) is 0 Å². The van der Waals surface area contributed by atoms with Gasteiger partial charge in [-0.3, -0.25) is 4.79 Å². The summed E-state index contributed by atoms with van der Waals surface area (Å²) in [6.45, 7) is 3.40. The summed E-state index contributed by atoms with van der Waals surface area (Å²) in [6, 6.07) is 2.90. The standard InChI is InChI=1S/C16H13BrF4N4O2/c1-7(5-9-3-4-11(10(18)6-9)27-16(19,20)21)25-14-12(13(17)24-25)15(26)23-8(2)22-14/h3-4,6-7H,5H2,1-2H3,(H,22,23,26). The van der Waals surface area contributed by atoms with E-state index >= 15 is 0 Å². The summed E-state index contributed by atoms with van der Waals surface area (Å²) in [5, 5.41) is 4.54. The van der Waals surface area contributed by atoms with E-state index < -0.39 is 17.9 Å². The van der Waals surface area contributed by atoms with Crippen LogP contribution in [0.25, 0.3) is 11.0 Å². The monoisotopic (exact) mass is 448 g/mol. The van der Waals surface area contributed by atoms with Crippen LogP contribution in [0.15, 0.2) is 27.6 Å². The predicted octanol–water partition coefficient (Wildman–Crippen LogP) is 4.03. The average molecular weight is 449 g/mol. The van der Waals surface area contributed by atoms with Crippen LogP contribution in [-0.4, -0.2) is 26.1 Å². The van der Waals surface area contributed by atoms with E-state index in [1.54, 1.807) is 13.8 Å². The minimum absolute atomic E-state index is 0.250. The van der Waals surface area contributed by atoms with Gasteiger partial charge in [0.05, 0.1) is 6.04 Å². The first-order valence-electron chi connectivity index (χ1n) is 7.74. The fourth-order valence-corrected chi connectivity index (χ4v) is 3.26. The molecule has 11 heteroatoms. The largest absolute Gasteiger partial charge is 0.573 e. The minimum atomic E-state index is -4.97. The molecule has 2 aromatic heterocycles. The number of nitrogens with zero attached hydrogens (tertiary/aromatic N) is 3. The van der Waals surface area contributed by atoms with Gasteiger partial charge in [-0.2, -0.15) is 5.10 Å². The van der Waals surface area contributed by atoms with E-state index in [0.717, 1.165) is 12.1 Å².